The number of nitrogens with zero attached hydrogens (tertiary/aromatic N) is 1. The van der Waals surface area contributed by atoms with E-state index in [4.69, 9.17) is 11.6 Å². The van der Waals surface area contributed by atoms with Crippen molar-refractivity contribution in [2.75, 3.05) is 14.1 Å². The van der Waals surface area contributed by atoms with Gasteiger partial charge in [-0.25, -0.2) is 0 Å². The summed E-state index contributed by atoms with van der Waals surface area (Å²) in [5.74, 6) is 0.00849. The van der Waals surface area contributed by atoms with Crippen molar-refractivity contribution in [2.45, 2.75) is 6.92 Å². The monoisotopic (exact) mass is 197 g/mol. The van der Waals surface area contributed by atoms with Gasteiger partial charge in [-0.2, -0.15) is 0 Å². The van der Waals surface area contributed by atoms with Gasteiger partial charge in [-0.3, -0.25) is 4.79 Å². The quantitative estimate of drug-likeness (QED) is 0.677. The molecule has 0 saturated heterocycles. The minimum atomic E-state index is 0.00849. The Morgan fingerprint density at radius 1 is 1.38 bits per heavy atom. The van der Waals surface area contributed by atoms with Gasteiger partial charge in [0.25, 0.3) is 5.91 Å². The number of hydrogen-bond donors (Lipinski definition) is 0. The number of rotatable bonds is 1. The number of halogens is 1. The summed E-state index contributed by atoms with van der Waals surface area (Å²) in [6.45, 7) is 1.88. The maximum absolute atomic E-state index is 11.6. The lowest BCUT2D eigenvalue weighted by Gasteiger charge is -2.12. The molecule has 0 radical (unpaired) electrons. The van der Waals surface area contributed by atoms with E-state index in [2.05, 4.69) is 0 Å². The first-order valence-corrected chi connectivity index (χ1v) is 4.38. The Morgan fingerprint density at radius 2 is 2.00 bits per heavy atom. The highest BCUT2D eigenvalue weighted by molar-refractivity contribution is 6.30. The van der Waals surface area contributed by atoms with Gasteiger partial charge in [0.05, 0.1) is 0 Å². The third-order valence-electron chi connectivity index (χ3n) is 1.83. The second-order valence-corrected chi connectivity index (χ2v) is 3.60. The Morgan fingerprint density at radius 3 is 2.46 bits per heavy atom. The van der Waals surface area contributed by atoms with Crippen LogP contribution in [0.2, 0.25) is 5.02 Å². The lowest BCUT2D eigenvalue weighted by molar-refractivity contribution is 0.0827. The molecule has 2 nitrogen and oxygen atoms in total. The highest BCUT2D eigenvalue weighted by Crippen LogP contribution is 2.15. The lowest BCUT2D eigenvalue weighted by Crippen LogP contribution is -2.22. The fraction of sp³-hybridized carbons (Fsp3) is 0.300. The Hall–Kier alpha value is -1.02. The SMILES string of the molecule is Cc1cc(Cl)ccc1C(=O)N(C)C. The van der Waals surface area contributed by atoms with E-state index in [1.165, 1.54) is 0 Å². The standard InChI is InChI=1S/C10H12ClNO/c1-7-6-8(11)4-5-9(7)10(13)12(2)3/h4-6H,1-3H3. The predicted molar refractivity (Wildman–Crippen MR) is 54.2 cm³/mol. The molecule has 3 heteroatoms. The molecule has 1 rings (SSSR count). The van der Waals surface area contributed by atoms with Crippen molar-refractivity contribution < 1.29 is 4.79 Å². The molecule has 0 heterocycles. The average molecular weight is 198 g/mol. The molecule has 0 N–H and O–H groups in total. The van der Waals surface area contributed by atoms with E-state index in [0.29, 0.717) is 10.6 Å². The molecule has 0 aromatic heterocycles. The van der Waals surface area contributed by atoms with Crippen LogP contribution in [0.1, 0.15) is 15.9 Å². The molecular formula is C10H12ClNO. The van der Waals surface area contributed by atoms with Crippen LogP contribution >= 0.6 is 11.6 Å². The Bertz CT molecular complexity index is 334. The summed E-state index contributed by atoms with van der Waals surface area (Å²) >= 11 is 5.78. The molecule has 0 aliphatic rings. The molecular weight excluding hydrogens is 186 g/mol. The van der Waals surface area contributed by atoms with Crippen molar-refractivity contribution in [3.05, 3.63) is 34.3 Å². The van der Waals surface area contributed by atoms with Crippen LogP contribution in [-0.4, -0.2) is 24.9 Å². The van der Waals surface area contributed by atoms with Crippen LogP contribution in [-0.2, 0) is 0 Å². The average Bonchev–Trinajstić information content (AvgIpc) is 2.03. The van der Waals surface area contributed by atoms with Crippen molar-refractivity contribution in [1.29, 1.82) is 0 Å². The summed E-state index contributed by atoms with van der Waals surface area (Å²) in [4.78, 5) is 13.1. The third-order valence-corrected chi connectivity index (χ3v) is 2.06. The smallest absolute Gasteiger partial charge is 0.253 e. The van der Waals surface area contributed by atoms with Gasteiger partial charge in [0, 0.05) is 24.7 Å². The number of hydrogen-bond acceptors (Lipinski definition) is 1. The van der Waals surface area contributed by atoms with Gasteiger partial charge >= 0.3 is 0 Å². The van der Waals surface area contributed by atoms with Crippen molar-refractivity contribution in [2.24, 2.45) is 0 Å². The fourth-order valence-corrected chi connectivity index (χ4v) is 1.33. The van der Waals surface area contributed by atoms with E-state index < -0.39 is 0 Å². The van der Waals surface area contributed by atoms with Gasteiger partial charge < -0.3 is 4.90 Å². The first-order chi connectivity index (χ1) is 6.02. The normalized spacial score (nSPS) is 9.85. The number of carbonyl (C=O) groups excluding carboxylic acids is 1. The van der Waals surface area contributed by atoms with Crippen molar-refractivity contribution >= 4 is 17.5 Å². The van der Waals surface area contributed by atoms with E-state index in [9.17, 15) is 4.79 Å². The molecule has 0 fully saturated rings. The predicted octanol–water partition coefficient (Wildman–Crippen LogP) is 2.35. The Labute approximate surface area is 83.1 Å². The Kier molecular flexibility index (Phi) is 2.94. The maximum atomic E-state index is 11.6. The van der Waals surface area contributed by atoms with Crippen molar-refractivity contribution in [3.8, 4) is 0 Å². The lowest BCUT2D eigenvalue weighted by atomic mass is 10.1. The minimum Gasteiger partial charge on any atom is -0.345 e. The molecule has 1 aromatic carbocycles. The first kappa shape index (κ1) is 10.1. The van der Waals surface area contributed by atoms with Gasteiger partial charge in [0.1, 0.15) is 0 Å². The minimum absolute atomic E-state index is 0.00849. The number of carbonyl (C=O) groups is 1. The van der Waals surface area contributed by atoms with Crippen LogP contribution in [0.5, 0.6) is 0 Å². The highest BCUT2D eigenvalue weighted by atomic mass is 35.5. The molecule has 0 aliphatic carbocycles. The third kappa shape index (κ3) is 2.22. The molecule has 0 spiro atoms. The van der Waals surface area contributed by atoms with Gasteiger partial charge in [-0.05, 0) is 30.7 Å². The topological polar surface area (TPSA) is 20.3 Å². The zero-order valence-corrected chi connectivity index (χ0v) is 8.72. The van der Waals surface area contributed by atoms with Crippen molar-refractivity contribution in [1.82, 2.24) is 4.90 Å². The number of aryl methyl sites for hydroxylation is 1. The molecule has 0 saturated carbocycles. The summed E-state index contributed by atoms with van der Waals surface area (Å²) in [5.41, 5.74) is 1.61. The zero-order valence-electron chi connectivity index (χ0n) is 7.97. The Balaban J connectivity index is 3.09. The van der Waals surface area contributed by atoms with Gasteiger partial charge in [-0.1, -0.05) is 11.6 Å². The summed E-state index contributed by atoms with van der Waals surface area (Å²) < 4.78 is 0. The van der Waals surface area contributed by atoms with E-state index in [1.54, 1.807) is 37.2 Å². The molecule has 0 atom stereocenters. The van der Waals surface area contributed by atoms with Crippen LogP contribution in [0.4, 0.5) is 0 Å². The van der Waals surface area contributed by atoms with Gasteiger partial charge in [0.15, 0.2) is 0 Å². The molecule has 13 heavy (non-hydrogen) atoms. The molecule has 0 aliphatic heterocycles. The van der Waals surface area contributed by atoms with Gasteiger partial charge in [-0.15, -0.1) is 0 Å². The van der Waals surface area contributed by atoms with Crippen LogP contribution in [0.15, 0.2) is 18.2 Å². The zero-order chi connectivity index (χ0) is 10.0. The van der Waals surface area contributed by atoms with Crippen LogP contribution < -0.4 is 0 Å². The summed E-state index contributed by atoms with van der Waals surface area (Å²) in [6.07, 6.45) is 0. The summed E-state index contributed by atoms with van der Waals surface area (Å²) in [6, 6.07) is 5.27. The van der Waals surface area contributed by atoms with E-state index >= 15 is 0 Å². The number of benzene rings is 1. The van der Waals surface area contributed by atoms with E-state index in [0.717, 1.165) is 5.56 Å². The van der Waals surface area contributed by atoms with Crippen LogP contribution in [0.25, 0.3) is 0 Å². The molecule has 0 bridgehead atoms. The summed E-state index contributed by atoms with van der Waals surface area (Å²) in [7, 11) is 3.47. The second kappa shape index (κ2) is 3.79. The molecule has 1 aromatic rings. The van der Waals surface area contributed by atoms with E-state index in [-0.39, 0.29) is 5.91 Å². The molecule has 0 unspecified atom stereocenters. The number of amides is 1. The largest absolute Gasteiger partial charge is 0.345 e. The van der Waals surface area contributed by atoms with Crippen molar-refractivity contribution in [3.63, 3.8) is 0 Å². The van der Waals surface area contributed by atoms with Crippen LogP contribution in [0, 0.1) is 6.92 Å². The molecule has 1 amide bonds. The fourth-order valence-electron chi connectivity index (χ4n) is 1.11. The van der Waals surface area contributed by atoms with Gasteiger partial charge in [0.2, 0.25) is 0 Å². The van der Waals surface area contributed by atoms with Crippen LogP contribution in [0.3, 0.4) is 0 Å². The maximum Gasteiger partial charge on any atom is 0.253 e. The van der Waals surface area contributed by atoms with E-state index in [1.807, 2.05) is 6.92 Å². The first-order valence-electron chi connectivity index (χ1n) is 4.00. The summed E-state index contributed by atoms with van der Waals surface area (Å²) in [5, 5.41) is 0.660. The molecule has 70 valence electrons. The highest BCUT2D eigenvalue weighted by Gasteiger charge is 2.10. The second-order valence-electron chi connectivity index (χ2n) is 3.16.